The molecule has 4 saturated heterocycles. The second kappa shape index (κ2) is 12.9. The van der Waals surface area contributed by atoms with Gasteiger partial charge in [-0.25, -0.2) is 0 Å². The van der Waals surface area contributed by atoms with Crippen molar-refractivity contribution in [2.75, 3.05) is 26.4 Å². The van der Waals surface area contributed by atoms with Crippen LogP contribution in [0, 0.1) is 0 Å². The van der Waals surface area contributed by atoms with Crippen molar-refractivity contribution < 1.29 is 74.0 Å². The Morgan fingerprint density at radius 2 is 1.39 bits per heavy atom. The molecule has 0 spiro atoms. The van der Waals surface area contributed by atoms with E-state index in [1.807, 2.05) is 0 Å². The Morgan fingerprint density at radius 3 is 2.08 bits per heavy atom. The van der Waals surface area contributed by atoms with Crippen molar-refractivity contribution in [1.82, 2.24) is 0 Å². The van der Waals surface area contributed by atoms with Gasteiger partial charge in [0.25, 0.3) is 0 Å². The van der Waals surface area contributed by atoms with Crippen molar-refractivity contribution in [3.63, 3.8) is 0 Å². The smallest absolute Gasteiger partial charge is 0.187 e. The molecular weight excluding hydrogens is 516 g/mol. The average molecular weight is 557 g/mol. The Bertz CT molecular complexity index is 746. The first-order chi connectivity index (χ1) is 18.0. The van der Waals surface area contributed by atoms with Crippen LogP contribution in [-0.4, -0.2) is 165 Å². The number of hydrogen-bond acceptors (Lipinski definition) is 15. The molecule has 15 nitrogen and oxygen atoms in total. The van der Waals surface area contributed by atoms with Crippen LogP contribution in [0.1, 0.15) is 20.3 Å². The van der Waals surface area contributed by atoms with Crippen LogP contribution in [0.4, 0.5) is 0 Å². The van der Waals surface area contributed by atoms with E-state index in [-0.39, 0.29) is 26.4 Å². The van der Waals surface area contributed by atoms with Gasteiger partial charge in [0.1, 0.15) is 73.2 Å². The second-order valence-electron chi connectivity index (χ2n) is 10.2. The largest absolute Gasteiger partial charge is 0.388 e. The zero-order valence-electron chi connectivity index (χ0n) is 21.2. The van der Waals surface area contributed by atoms with Crippen molar-refractivity contribution in [3.8, 4) is 0 Å². The van der Waals surface area contributed by atoms with Gasteiger partial charge in [0, 0.05) is 0 Å². The van der Waals surface area contributed by atoms with Gasteiger partial charge in [-0.2, -0.15) is 0 Å². The highest BCUT2D eigenvalue weighted by atomic mass is 16.7. The zero-order chi connectivity index (χ0) is 27.7. The molecule has 4 aliphatic rings. The summed E-state index contributed by atoms with van der Waals surface area (Å²) < 4.78 is 38.7. The van der Waals surface area contributed by atoms with Gasteiger partial charge in [0.2, 0.25) is 0 Å². The molecule has 8 N–H and O–H groups in total. The lowest BCUT2D eigenvalue weighted by Crippen LogP contribution is -2.61. The molecule has 15 heteroatoms. The summed E-state index contributed by atoms with van der Waals surface area (Å²) in [5.41, 5.74) is 0. The van der Waals surface area contributed by atoms with E-state index in [1.165, 1.54) is 0 Å². The monoisotopic (exact) mass is 556 g/mol. The molecule has 0 radical (unpaired) electrons. The summed E-state index contributed by atoms with van der Waals surface area (Å²) in [6.07, 6.45) is -18.7. The van der Waals surface area contributed by atoms with Gasteiger partial charge < -0.3 is 74.0 Å². The molecule has 4 heterocycles. The Labute approximate surface area is 219 Å². The number of aliphatic hydroxyl groups excluding tert-OH is 8. The molecule has 0 aromatic rings. The summed E-state index contributed by atoms with van der Waals surface area (Å²) in [6, 6.07) is 0. The second-order valence-corrected chi connectivity index (χ2v) is 10.2. The minimum atomic E-state index is -1.57. The number of ether oxygens (including phenoxy) is 7. The first-order valence-corrected chi connectivity index (χ1v) is 12.9. The molecule has 4 rings (SSSR count). The van der Waals surface area contributed by atoms with Gasteiger partial charge in [-0.05, 0) is 13.3 Å². The molecule has 0 saturated carbocycles. The Kier molecular flexibility index (Phi) is 10.3. The Balaban J connectivity index is 1.32. The average Bonchev–Trinajstić information content (AvgIpc) is 3.16. The van der Waals surface area contributed by atoms with Crippen molar-refractivity contribution in [2.45, 2.75) is 118 Å². The Hall–Kier alpha value is -0.600. The van der Waals surface area contributed by atoms with Crippen LogP contribution in [0.15, 0.2) is 0 Å². The van der Waals surface area contributed by atoms with Crippen molar-refractivity contribution >= 4 is 0 Å². The summed E-state index contributed by atoms with van der Waals surface area (Å²) >= 11 is 0. The standard InChI is InChI=1S/C23H40O15/c1-3-11-15(27)18(30)23(36-11)38-21-10(25)5-33-20(19(21)31)8(2)35-13-7-34-22(17(29)16(13)28)37-12-6-32-4-9(24)14(12)26/h8-31H,3-7H2,1-2H3/t8?,9?,10-,11+,12-,13-,14?,15?,16?,17?,18?,19?,20+,21?,22+,23+/m1/s1. The van der Waals surface area contributed by atoms with E-state index < -0.39 is 98.0 Å². The van der Waals surface area contributed by atoms with Crippen molar-refractivity contribution in [1.29, 1.82) is 0 Å². The molecule has 0 aromatic carbocycles. The van der Waals surface area contributed by atoms with Gasteiger partial charge in [-0.3, -0.25) is 0 Å². The van der Waals surface area contributed by atoms with E-state index in [2.05, 4.69) is 0 Å². The van der Waals surface area contributed by atoms with E-state index in [4.69, 9.17) is 33.2 Å². The number of rotatable bonds is 8. The highest BCUT2D eigenvalue weighted by Crippen LogP contribution is 2.31. The van der Waals surface area contributed by atoms with Gasteiger partial charge in [0.05, 0.1) is 38.6 Å². The fourth-order valence-electron chi connectivity index (χ4n) is 5.12. The van der Waals surface area contributed by atoms with E-state index in [0.717, 1.165) is 0 Å². The van der Waals surface area contributed by atoms with Crippen LogP contribution in [0.3, 0.4) is 0 Å². The highest BCUT2D eigenvalue weighted by molar-refractivity contribution is 4.95. The summed E-state index contributed by atoms with van der Waals surface area (Å²) in [5.74, 6) is 0. The summed E-state index contributed by atoms with van der Waals surface area (Å²) in [7, 11) is 0. The maximum atomic E-state index is 10.9. The molecule has 4 aliphatic heterocycles. The summed E-state index contributed by atoms with van der Waals surface area (Å²) in [6.45, 7) is 2.78. The van der Waals surface area contributed by atoms with Crippen LogP contribution in [0.25, 0.3) is 0 Å². The first kappa shape index (κ1) is 30.4. The van der Waals surface area contributed by atoms with E-state index in [0.29, 0.717) is 6.42 Å². The fourth-order valence-corrected chi connectivity index (χ4v) is 5.12. The van der Waals surface area contributed by atoms with Gasteiger partial charge in [-0.1, -0.05) is 6.92 Å². The molecule has 9 unspecified atom stereocenters. The third kappa shape index (κ3) is 6.32. The third-order valence-electron chi connectivity index (χ3n) is 7.47. The predicted octanol–water partition coefficient (Wildman–Crippen LogP) is -4.66. The minimum absolute atomic E-state index is 0.0369. The fraction of sp³-hybridized carbons (Fsp3) is 1.00. The summed E-state index contributed by atoms with van der Waals surface area (Å²) in [5, 5.41) is 82.6. The summed E-state index contributed by atoms with van der Waals surface area (Å²) in [4.78, 5) is 0. The maximum absolute atomic E-state index is 10.9. The SMILES string of the molecule is CC[C@@H]1O[C@@H](OC2C(O)[C@H](C(C)O[C@@H]3CO[C@@H](O[C@@H]4COCC(O)C4O)C(O)C3O)OC[C@H]2O)C(O)C1O. The molecule has 0 aromatic heterocycles. The maximum Gasteiger partial charge on any atom is 0.187 e. The molecule has 16 atom stereocenters. The van der Waals surface area contributed by atoms with Crippen LogP contribution in [0.2, 0.25) is 0 Å². The van der Waals surface area contributed by atoms with Gasteiger partial charge in [-0.15, -0.1) is 0 Å². The first-order valence-electron chi connectivity index (χ1n) is 12.9. The predicted molar refractivity (Wildman–Crippen MR) is 121 cm³/mol. The van der Waals surface area contributed by atoms with E-state index in [1.54, 1.807) is 13.8 Å². The van der Waals surface area contributed by atoms with Crippen molar-refractivity contribution in [2.24, 2.45) is 0 Å². The lowest BCUT2D eigenvalue weighted by molar-refractivity contribution is -0.319. The van der Waals surface area contributed by atoms with E-state index >= 15 is 0 Å². The highest BCUT2D eigenvalue weighted by Gasteiger charge is 2.50. The third-order valence-corrected chi connectivity index (χ3v) is 7.47. The van der Waals surface area contributed by atoms with E-state index in [9.17, 15) is 40.9 Å². The molecule has 38 heavy (non-hydrogen) atoms. The van der Waals surface area contributed by atoms with Crippen molar-refractivity contribution in [3.05, 3.63) is 0 Å². The molecular formula is C23H40O15. The number of aliphatic hydroxyl groups is 8. The molecule has 0 aliphatic carbocycles. The molecule has 0 amide bonds. The normalized spacial score (nSPS) is 51.2. The van der Waals surface area contributed by atoms with Crippen LogP contribution < -0.4 is 0 Å². The van der Waals surface area contributed by atoms with Gasteiger partial charge in [0.15, 0.2) is 12.6 Å². The van der Waals surface area contributed by atoms with Gasteiger partial charge >= 0.3 is 0 Å². The minimum Gasteiger partial charge on any atom is -0.388 e. The lowest BCUT2D eigenvalue weighted by atomic mass is 9.96. The molecule has 0 bridgehead atoms. The quantitative estimate of drug-likeness (QED) is 0.141. The Morgan fingerprint density at radius 1 is 0.684 bits per heavy atom. The van der Waals surface area contributed by atoms with Crippen LogP contribution >= 0.6 is 0 Å². The number of hydrogen-bond donors (Lipinski definition) is 8. The lowest BCUT2D eigenvalue weighted by Gasteiger charge is -2.44. The topological polar surface area (TPSA) is 226 Å². The van der Waals surface area contributed by atoms with Crippen LogP contribution in [0.5, 0.6) is 0 Å². The molecule has 4 fully saturated rings. The zero-order valence-corrected chi connectivity index (χ0v) is 21.2. The van der Waals surface area contributed by atoms with Crippen LogP contribution in [-0.2, 0) is 33.2 Å². The molecule has 222 valence electrons.